The molecule has 0 spiro atoms. The quantitative estimate of drug-likeness (QED) is 0.503. The van der Waals surface area contributed by atoms with Crippen LogP contribution in [-0.4, -0.2) is 42.0 Å². The van der Waals surface area contributed by atoms with E-state index < -0.39 is 17.7 Å². The third kappa shape index (κ3) is 3.18. The van der Waals surface area contributed by atoms with Crippen LogP contribution < -0.4 is 0 Å². The monoisotopic (exact) mass is 361 g/mol. The van der Waals surface area contributed by atoms with Gasteiger partial charge in [0.05, 0.1) is 18.4 Å². The molecular formula is C18H16ClNO5. The van der Waals surface area contributed by atoms with Gasteiger partial charge in [0.1, 0.15) is 17.6 Å². The molecule has 1 aromatic carbocycles. The Morgan fingerprint density at radius 2 is 2.00 bits per heavy atom. The largest absolute Gasteiger partial charge is 0.507 e. The number of hydrogen-bond donors (Lipinski definition) is 1. The van der Waals surface area contributed by atoms with Crippen LogP contribution in [-0.2, 0) is 14.3 Å². The van der Waals surface area contributed by atoms with Gasteiger partial charge in [0, 0.05) is 24.2 Å². The van der Waals surface area contributed by atoms with Gasteiger partial charge in [-0.25, -0.2) is 0 Å². The molecule has 1 aromatic heterocycles. The molecule has 0 bridgehead atoms. The lowest BCUT2D eigenvalue weighted by molar-refractivity contribution is -0.140. The van der Waals surface area contributed by atoms with Crippen molar-refractivity contribution in [3.63, 3.8) is 0 Å². The molecule has 2 heterocycles. The van der Waals surface area contributed by atoms with E-state index in [4.69, 9.17) is 20.8 Å². The van der Waals surface area contributed by atoms with Crippen molar-refractivity contribution in [1.29, 1.82) is 0 Å². The molecule has 6 nitrogen and oxygen atoms in total. The summed E-state index contributed by atoms with van der Waals surface area (Å²) in [6.07, 6.45) is 1.45. The normalized spacial score (nSPS) is 19.6. The molecule has 1 fully saturated rings. The van der Waals surface area contributed by atoms with E-state index in [1.165, 1.54) is 18.3 Å². The Balaban J connectivity index is 2.11. The number of halogens is 1. The molecule has 1 atom stereocenters. The Bertz CT molecular complexity index is 811. The van der Waals surface area contributed by atoms with Crippen LogP contribution in [0.1, 0.15) is 17.4 Å². The number of carbonyl (C=O) groups excluding carboxylic acids is 2. The number of ether oxygens (including phenoxy) is 1. The SMILES string of the molecule is COCCN1C(=O)C(=O)/C(=C(\O)c2ccc(Cl)cc2)C1c1ccco1. The number of aliphatic hydroxyl groups is 1. The second-order valence-corrected chi connectivity index (χ2v) is 5.94. The van der Waals surface area contributed by atoms with Crippen LogP contribution >= 0.6 is 11.6 Å². The van der Waals surface area contributed by atoms with E-state index in [2.05, 4.69) is 0 Å². The van der Waals surface area contributed by atoms with Crippen LogP contribution in [0.5, 0.6) is 0 Å². The molecule has 2 aromatic rings. The second-order valence-electron chi connectivity index (χ2n) is 5.51. The molecule has 0 saturated carbocycles. The minimum Gasteiger partial charge on any atom is -0.507 e. The molecule has 7 heteroatoms. The van der Waals surface area contributed by atoms with E-state index in [0.717, 1.165) is 0 Å². The number of aliphatic hydroxyl groups excluding tert-OH is 1. The summed E-state index contributed by atoms with van der Waals surface area (Å²) < 4.78 is 10.4. The number of carbonyl (C=O) groups is 2. The number of Topliss-reactive ketones (excluding diaryl/α,β-unsaturated/α-hetero) is 1. The predicted molar refractivity (Wildman–Crippen MR) is 91.0 cm³/mol. The van der Waals surface area contributed by atoms with Crippen LogP contribution in [0.2, 0.25) is 5.02 Å². The Labute approximate surface area is 149 Å². The zero-order valence-electron chi connectivity index (χ0n) is 13.4. The lowest BCUT2D eigenvalue weighted by Gasteiger charge is -2.22. The molecule has 130 valence electrons. The van der Waals surface area contributed by atoms with E-state index in [1.807, 2.05) is 0 Å². The average Bonchev–Trinajstić information content (AvgIpc) is 3.21. The van der Waals surface area contributed by atoms with Crippen molar-refractivity contribution in [2.24, 2.45) is 0 Å². The highest BCUT2D eigenvalue weighted by Crippen LogP contribution is 2.39. The predicted octanol–water partition coefficient (Wildman–Crippen LogP) is 3.00. The summed E-state index contributed by atoms with van der Waals surface area (Å²) in [4.78, 5) is 26.3. The van der Waals surface area contributed by atoms with Gasteiger partial charge >= 0.3 is 0 Å². The van der Waals surface area contributed by atoms with Crippen LogP contribution in [0.4, 0.5) is 0 Å². The molecular weight excluding hydrogens is 346 g/mol. The number of hydrogen-bond acceptors (Lipinski definition) is 5. The molecule has 1 N–H and O–H groups in total. The summed E-state index contributed by atoms with van der Waals surface area (Å²) in [5.74, 6) is -1.33. The van der Waals surface area contributed by atoms with Gasteiger partial charge in [0.25, 0.3) is 11.7 Å². The number of furan rings is 1. The van der Waals surface area contributed by atoms with E-state index in [-0.39, 0.29) is 24.5 Å². The summed E-state index contributed by atoms with van der Waals surface area (Å²) in [6, 6.07) is 8.87. The van der Waals surface area contributed by atoms with Crippen LogP contribution in [0.3, 0.4) is 0 Å². The zero-order valence-corrected chi connectivity index (χ0v) is 14.2. The van der Waals surface area contributed by atoms with Gasteiger partial charge in [-0.3, -0.25) is 9.59 Å². The lowest BCUT2D eigenvalue weighted by Crippen LogP contribution is -2.32. The van der Waals surface area contributed by atoms with Gasteiger partial charge in [-0.15, -0.1) is 0 Å². The topological polar surface area (TPSA) is 80.0 Å². The third-order valence-electron chi connectivity index (χ3n) is 4.01. The van der Waals surface area contributed by atoms with E-state index in [9.17, 15) is 14.7 Å². The van der Waals surface area contributed by atoms with Crippen molar-refractivity contribution in [1.82, 2.24) is 4.90 Å². The molecule has 1 unspecified atom stereocenters. The Morgan fingerprint density at radius 1 is 1.28 bits per heavy atom. The minimum absolute atomic E-state index is 0.0154. The first-order valence-corrected chi connectivity index (χ1v) is 7.99. The number of nitrogens with zero attached hydrogens (tertiary/aromatic N) is 1. The van der Waals surface area contributed by atoms with Gasteiger partial charge in [-0.2, -0.15) is 0 Å². The van der Waals surface area contributed by atoms with Crippen molar-refractivity contribution in [3.8, 4) is 0 Å². The lowest BCUT2D eigenvalue weighted by atomic mass is 9.99. The van der Waals surface area contributed by atoms with Crippen molar-refractivity contribution in [2.45, 2.75) is 6.04 Å². The third-order valence-corrected chi connectivity index (χ3v) is 4.26. The van der Waals surface area contributed by atoms with Crippen molar-refractivity contribution in [2.75, 3.05) is 20.3 Å². The number of methoxy groups -OCH3 is 1. The maximum absolute atomic E-state index is 12.5. The fourth-order valence-corrected chi connectivity index (χ4v) is 2.93. The number of amides is 1. The number of benzene rings is 1. The number of rotatable bonds is 5. The van der Waals surface area contributed by atoms with Crippen molar-refractivity contribution >= 4 is 29.1 Å². The van der Waals surface area contributed by atoms with Gasteiger partial charge in [-0.1, -0.05) is 11.6 Å². The van der Waals surface area contributed by atoms with E-state index >= 15 is 0 Å². The molecule has 0 radical (unpaired) electrons. The Kier molecular flexibility index (Phi) is 4.92. The number of likely N-dealkylation sites (tertiary alicyclic amines) is 1. The molecule has 1 aliphatic rings. The van der Waals surface area contributed by atoms with Gasteiger partial charge in [0.15, 0.2) is 0 Å². The maximum atomic E-state index is 12.5. The first kappa shape index (κ1) is 17.3. The Morgan fingerprint density at radius 3 is 2.60 bits per heavy atom. The highest BCUT2D eigenvalue weighted by atomic mass is 35.5. The second kappa shape index (κ2) is 7.13. The summed E-state index contributed by atoms with van der Waals surface area (Å²) in [7, 11) is 1.51. The average molecular weight is 362 g/mol. The summed E-state index contributed by atoms with van der Waals surface area (Å²) in [5, 5.41) is 11.2. The molecule has 3 rings (SSSR count). The molecule has 25 heavy (non-hydrogen) atoms. The maximum Gasteiger partial charge on any atom is 0.295 e. The molecule has 1 amide bonds. The van der Waals surface area contributed by atoms with Crippen LogP contribution in [0.15, 0.2) is 52.7 Å². The fraction of sp³-hybridized carbons (Fsp3) is 0.222. The summed E-state index contributed by atoms with van der Waals surface area (Å²) >= 11 is 5.86. The van der Waals surface area contributed by atoms with Crippen LogP contribution in [0, 0.1) is 0 Å². The number of ketones is 1. The standard InChI is InChI=1S/C18H16ClNO5/c1-24-10-8-20-15(13-3-2-9-25-13)14(17(22)18(20)23)16(21)11-4-6-12(19)7-5-11/h2-7,9,15,21H,8,10H2,1H3/b16-14-. The summed E-state index contributed by atoms with van der Waals surface area (Å²) in [6.45, 7) is 0.453. The highest BCUT2D eigenvalue weighted by molar-refractivity contribution is 6.46. The highest BCUT2D eigenvalue weighted by Gasteiger charge is 2.47. The Hall–Kier alpha value is -2.57. The van der Waals surface area contributed by atoms with E-state index in [0.29, 0.717) is 16.3 Å². The van der Waals surface area contributed by atoms with Crippen LogP contribution in [0.25, 0.3) is 5.76 Å². The molecule has 1 saturated heterocycles. The van der Waals surface area contributed by atoms with Gasteiger partial charge < -0.3 is 19.2 Å². The fourth-order valence-electron chi connectivity index (χ4n) is 2.81. The van der Waals surface area contributed by atoms with Crippen molar-refractivity contribution < 1.29 is 23.8 Å². The minimum atomic E-state index is -0.805. The smallest absolute Gasteiger partial charge is 0.295 e. The van der Waals surface area contributed by atoms with Crippen molar-refractivity contribution in [3.05, 3.63) is 64.6 Å². The molecule has 0 aliphatic carbocycles. The van der Waals surface area contributed by atoms with Gasteiger partial charge in [0.2, 0.25) is 0 Å². The zero-order chi connectivity index (χ0) is 18.0. The van der Waals surface area contributed by atoms with Gasteiger partial charge in [-0.05, 0) is 36.4 Å². The summed E-state index contributed by atoms with van der Waals surface area (Å²) in [5.41, 5.74) is 0.379. The first-order valence-electron chi connectivity index (χ1n) is 7.61. The first-order chi connectivity index (χ1) is 12.0. The molecule has 1 aliphatic heterocycles. The van der Waals surface area contributed by atoms with E-state index in [1.54, 1.807) is 36.4 Å².